The number of nitrogens with one attached hydrogen (secondary N) is 1. The van der Waals surface area contributed by atoms with Gasteiger partial charge >= 0.3 is 12.4 Å². The summed E-state index contributed by atoms with van der Waals surface area (Å²) in [5, 5.41) is 3.41. The molecule has 2 aliphatic carbocycles. The topological polar surface area (TPSA) is 67.9 Å². The Kier molecular flexibility index (Phi) is 4.95. The Labute approximate surface area is 160 Å². The fourth-order valence-corrected chi connectivity index (χ4v) is 4.64. The molecule has 1 aromatic rings. The van der Waals surface area contributed by atoms with Crippen LogP contribution in [0.4, 0.5) is 5.69 Å². The number of carbonyl (C=O) groups is 2. The van der Waals surface area contributed by atoms with Gasteiger partial charge in [-0.15, -0.1) is 0 Å². The number of benzene rings is 1. The average molecular weight is 372 g/mol. The Morgan fingerprint density at radius 1 is 1.19 bits per heavy atom. The number of hydrogen-bond acceptors (Lipinski definition) is 6. The fraction of sp³-hybridized carbons (Fsp3) is 0.619. The lowest BCUT2D eigenvalue weighted by Crippen LogP contribution is -2.59. The maximum Gasteiger partial charge on any atom is 0.317 e. The SMILES string of the molecule is CN[C@H]1CC[C@@]2(CC1)CN(c1ccc(CC(=O)OC=O)cc1)CC1(CC1)O2. The number of carbonyl (C=O) groups excluding carboxylic acids is 2. The second-order valence-electron chi connectivity index (χ2n) is 8.32. The first-order chi connectivity index (χ1) is 13.1. The molecule has 0 radical (unpaired) electrons. The normalized spacial score (nSPS) is 28.9. The van der Waals surface area contributed by atoms with E-state index in [9.17, 15) is 9.59 Å². The fourth-order valence-electron chi connectivity index (χ4n) is 4.64. The lowest BCUT2D eigenvalue weighted by atomic mass is 9.80. The third-order valence-corrected chi connectivity index (χ3v) is 6.33. The summed E-state index contributed by atoms with van der Waals surface area (Å²) >= 11 is 0. The molecule has 4 rings (SSSR count). The van der Waals surface area contributed by atoms with Gasteiger partial charge in [0.2, 0.25) is 0 Å². The second-order valence-corrected chi connectivity index (χ2v) is 8.32. The van der Waals surface area contributed by atoms with Crippen molar-refractivity contribution >= 4 is 18.1 Å². The summed E-state index contributed by atoms with van der Waals surface area (Å²) in [7, 11) is 2.05. The van der Waals surface area contributed by atoms with E-state index in [-0.39, 0.29) is 24.1 Å². The maximum atomic E-state index is 11.5. The van der Waals surface area contributed by atoms with Gasteiger partial charge in [0.15, 0.2) is 0 Å². The molecule has 1 N–H and O–H groups in total. The van der Waals surface area contributed by atoms with E-state index in [1.54, 1.807) is 0 Å². The zero-order valence-electron chi connectivity index (χ0n) is 15.9. The Morgan fingerprint density at radius 3 is 2.37 bits per heavy atom. The van der Waals surface area contributed by atoms with Crippen molar-refractivity contribution in [2.24, 2.45) is 0 Å². The highest BCUT2D eigenvalue weighted by Gasteiger charge is 2.55. The first kappa shape index (κ1) is 18.4. The maximum absolute atomic E-state index is 11.5. The average Bonchev–Trinajstić information content (AvgIpc) is 3.40. The van der Waals surface area contributed by atoms with Crippen LogP contribution in [0.25, 0.3) is 0 Å². The van der Waals surface area contributed by atoms with Gasteiger partial charge in [0.05, 0.1) is 17.6 Å². The van der Waals surface area contributed by atoms with Crippen molar-refractivity contribution in [3.63, 3.8) is 0 Å². The van der Waals surface area contributed by atoms with Crippen LogP contribution in [0.1, 0.15) is 44.1 Å². The molecule has 146 valence electrons. The van der Waals surface area contributed by atoms with Crippen molar-refractivity contribution < 1.29 is 19.1 Å². The van der Waals surface area contributed by atoms with Crippen LogP contribution in [0, 0.1) is 0 Å². The molecule has 1 aliphatic heterocycles. The minimum atomic E-state index is -0.527. The molecule has 1 heterocycles. The number of morpholine rings is 1. The quantitative estimate of drug-likeness (QED) is 0.486. The Balaban J connectivity index is 1.46. The molecule has 0 amide bonds. The predicted octanol–water partition coefficient (Wildman–Crippen LogP) is 2.20. The van der Waals surface area contributed by atoms with Crippen molar-refractivity contribution in [3.8, 4) is 0 Å². The van der Waals surface area contributed by atoms with Gasteiger partial charge in [-0.3, -0.25) is 9.59 Å². The molecule has 0 atom stereocenters. The van der Waals surface area contributed by atoms with Crippen LogP contribution in [0.3, 0.4) is 0 Å². The highest BCUT2D eigenvalue weighted by Crippen LogP contribution is 2.50. The molecule has 0 bridgehead atoms. The molecule has 27 heavy (non-hydrogen) atoms. The molecule has 0 aromatic heterocycles. The summed E-state index contributed by atoms with van der Waals surface area (Å²) in [6.07, 6.45) is 6.95. The molecule has 0 unspecified atom stereocenters. The molecule has 3 aliphatic rings. The van der Waals surface area contributed by atoms with Gasteiger partial charge in [0.25, 0.3) is 0 Å². The van der Waals surface area contributed by atoms with E-state index >= 15 is 0 Å². The van der Waals surface area contributed by atoms with E-state index in [0.29, 0.717) is 6.04 Å². The number of rotatable bonds is 5. The van der Waals surface area contributed by atoms with E-state index in [1.807, 2.05) is 19.2 Å². The van der Waals surface area contributed by atoms with Crippen molar-refractivity contribution in [3.05, 3.63) is 29.8 Å². The lowest BCUT2D eigenvalue weighted by molar-refractivity contribution is -0.150. The van der Waals surface area contributed by atoms with E-state index in [1.165, 1.54) is 5.69 Å². The Hall–Kier alpha value is -1.92. The number of esters is 1. The Bertz CT molecular complexity index is 691. The van der Waals surface area contributed by atoms with Crippen LogP contribution < -0.4 is 10.2 Å². The summed E-state index contributed by atoms with van der Waals surface area (Å²) in [5.41, 5.74) is 2.03. The molecule has 2 saturated carbocycles. The van der Waals surface area contributed by atoms with Crippen molar-refractivity contribution in [2.45, 2.75) is 62.2 Å². The number of anilines is 1. The van der Waals surface area contributed by atoms with Crippen LogP contribution in [0.15, 0.2) is 24.3 Å². The molecule has 6 heteroatoms. The van der Waals surface area contributed by atoms with E-state index in [0.717, 1.165) is 57.2 Å². The molecular weight excluding hydrogens is 344 g/mol. The van der Waals surface area contributed by atoms with Gasteiger partial charge in [-0.05, 0) is 63.3 Å². The van der Waals surface area contributed by atoms with E-state index in [2.05, 4.69) is 27.1 Å². The third kappa shape index (κ3) is 4.01. The standard InChI is InChI=1S/C21H28N2O4/c1-22-17-6-8-20(9-7-17)13-23(14-21(27-20)10-11-21)18-4-2-16(3-5-18)12-19(25)26-15-24/h2-5,15,17,22H,6-14H2,1H3/t17-,20+. The van der Waals surface area contributed by atoms with Gasteiger partial charge in [0.1, 0.15) is 0 Å². The van der Waals surface area contributed by atoms with Gasteiger partial charge < -0.3 is 19.7 Å². The van der Waals surface area contributed by atoms with Crippen LogP contribution in [-0.2, 0) is 25.5 Å². The first-order valence-electron chi connectivity index (χ1n) is 9.90. The van der Waals surface area contributed by atoms with E-state index in [4.69, 9.17) is 4.74 Å². The highest BCUT2D eigenvalue weighted by molar-refractivity contribution is 5.78. The number of ether oxygens (including phenoxy) is 2. The summed E-state index contributed by atoms with van der Waals surface area (Å²) in [4.78, 5) is 24.2. The van der Waals surface area contributed by atoms with Crippen LogP contribution >= 0.6 is 0 Å². The van der Waals surface area contributed by atoms with Crippen molar-refractivity contribution in [2.75, 3.05) is 25.0 Å². The van der Waals surface area contributed by atoms with Crippen LogP contribution in [0.5, 0.6) is 0 Å². The van der Waals surface area contributed by atoms with Gasteiger partial charge in [0, 0.05) is 24.8 Å². The lowest BCUT2D eigenvalue weighted by Gasteiger charge is -2.50. The predicted molar refractivity (Wildman–Crippen MR) is 102 cm³/mol. The minimum Gasteiger partial charge on any atom is -0.395 e. The molecular formula is C21H28N2O4. The van der Waals surface area contributed by atoms with E-state index < -0.39 is 5.97 Å². The van der Waals surface area contributed by atoms with Crippen molar-refractivity contribution in [1.82, 2.24) is 5.32 Å². The molecule has 1 saturated heterocycles. The number of hydrogen-bond donors (Lipinski definition) is 1. The first-order valence-corrected chi connectivity index (χ1v) is 9.90. The third-order valence-electron chi connectivity index (χ3n) is 6.33. The zero-order valence-corrected chi connectivity index (χ0v) is 15.9. The summed E-state index contributed by atoms with van der Waals surface area (Å²) in [6, 6.07) is 8.63. The second kappa shape index (κ2) is 7.24. The highest BCUT2D eigenvalue weighted by atomic mass is 16.6. The molecule has 2 spiro atoms. The Morgan fingerprint density at radius 2 is 1.81 bits per heavy atom. The van der Waals surface area contributed by atoms with Gasteiger partial charge in [-0.1, -0.05) is 12.1 Å². The molecule has 3 fully saturated rings. The van der Waals surface area contributed by atoms with Crippen LogP contribution in [-0.4, -0.2) is 49.8 Å². The monoisotopic (exact) mass is 372 g/mol. The largest absolute Gasteiger partial charge is 0.395 e. The van der Waals surface area contributed by atoms with Crippen molar-refractivity contribution in [1.29, 1.82) is 0 Å². The summed E-state index contributed by atoms with van der Waals surface area (Å²) in [6.45, 7) is 2.05. The zero-order chi connectivity index (χ0) is 18.9. The minimum absolute atomic E-state index is 0.0332. The summed E-state index contributed by atoms with van der Waals surface area (Å²) < 4.78 is 11.1. The van der Waals surface area contributed by atoms with Gasteiger partial charge in [-0.25, -0.2) is 0 Å². The number of nitrogens with zero attached hydrogens (tertiary/aromatic N) is 1. The molecule has 6 nitrogen and oxygen atoms in total. The van der Waals surface area contributed by atoms with Gasteiger partial charge in [-0.2, -0.15) is 0 Å². The molecule has 1 aromatic carbocycles. The smallest absolute Gasteiger partial charge is 0.317 e. The van der Waals surface area contributed by atoms with Crippen LogP contribution in [0.2, 0.25) is 0 Å². The summed E-state index contributed by atoms with van der Waals surface area (Å²) in [5.74, 6) is -0.527.